The first kappa shape index (κ1) is 52.9. The minimum Gasteiger partial charge on any atom is -0.507 e. The van der Waals surface area contributed by atoms with E-state index in [0.29, 0.717) is 0 Å². The van der Waals surface area contributed by atoms with Crippen molar-refractivity contribution in [3.63, 3.8) is 0 Å². The first-order chi connectivity index (χ1) is 34.6. The molecule has 0 radical (unpaired) electrons. The maximum Gasteiger partial charge on any atom is 0.335 e. The molecule has 2 aromatic carbocycles. The lowest BCUT2D eigenvalue weighted by molar-refractivity contribution is -0.281. The lowest BCUT2D eigenvalue weighted by Gasteiger charge is -2.68. The molecule has 2 aromatic rings. The monoisotopic (exact) mass is 1060 g/mol. The minimum atomic E-state index is -3.44. The van der Waals surface area contributed by atoms with E-state index in [1.165, 1.54) is 26.0 Å². The molecule has 16 heteroatoms. The number of aliphatic hydroxyl groups excluding tert-OH is 2. The van der Waals surface area contributed by atoms with Crippen LogP contribution in [0.1, 0.15) is 144 Å². The number of halogens is 4. The van der Waals surface area contributed by atoms with Gasteiger partial charge < -0.3 is 30.6 Å². The first-order valence-electron chi connectivity index (χ1n) is 26.2. The van der Waals surface area contributed by atoms with E-state index < -0.39 is 167 Å². The number of rotatable bonds is 9. The van der Waals surface area contributed by atoms with Crippen LogP contribution in [0.5, 0.6) is 0 Å². The van der Waals surface area contributed by atoms with Crippen LogP contribution in [-0.4, -0.2) is 94.6 Å². The molecule has 7 fully saturated rings. The number of hydrogen-bond acceptors (Lipinski definition) is 10. The molecule has 12 nitrogen and oxygen atoms in total. The van der Waals surface area contributed by atoms with Gasteiger partial charge in [0.15, 0.2) is 23.1 Å². The summed E-state index contributed by atoms with van der Waals surface area (Å²) in [5.41, 5.74) is -14.6. The number of fused-ring (bicyclic) bond motifs is 10. The van der Waals surface area contributed by atoms with E-state index in [1.807, 2.05) is 27.7 Å². The van der Waals surface area contributed by atoms with Gasteiger partial charge in [0.2, 0.25) is 17.3 Å². The third kappa shape index (κ3) is 5.87. The van der Waals surface area contributed by atoms with Crippen LogP contribution in [0.25, 0.3) is 0 Å². The van der Waals surface area contributed by atoms with Gasteiger partial charge in [0.25, 0.3) is 0 Å². The van der Waals surface area contributed by atoms with Crippen molar-refractivity contribution < 1.29 is 68.2 Å². The number of ketones is 4. The molecule has 398 valence electrons. The molecule has 8 aliphatic rings. The largest absolute Gasteiger partial charge is 0.507 e. The highest BCUT2D eigenvalue weighted by molar-refractivity contribution is 6.30. The van der Waals surface area contributed by atoms with Gasteiger partial charge in [-0.25, -0.2) is 18.4 Å². The maximum atomic E-state index is 19.9. The molecular weight excluding hydrogens is 998 g/mol. The molecule has 0 saturated heterocycles. The van der Waals surface area contributed by atoms with Crippen LogP contribution in [0.4, 0.5) is 8.78 Å². The number of aliphatic hydroxyl groups is 4. The molecule has 10 rings (SSSR count). The molecule has 74 heavy (non-hydrogen) atoms. The Morgan fingerprint density at radius 3 is 1.59 bits per heavy atom. The van der Waals surface area contributed by atoms with Crippen LogP contribution in [0.2, 0.25) is 0 Å². The molecule has 7 saturated carbocycles. The van der Waals surface area contributed by atoms with Gasteiger partial charge in [-0.2, -0.15) is 0 Å². The van der Waals surface area contributed by atoms with E-state index in [9.17, 15) is 54.6 Å². The van der Waals surface area contributed by atoms with Crippen molar-refractivity contribution in [1.82, 2.24) is 0 Å². The molecule has 8 aliphatic carbocycles. The van der Waals surface area contributed by atoms with E-state index in [-0.39, 0.29) is 92.0 Å². The summed E-state index contributed by atoms with van der Waals surface area (Å²) in [6.45, 7) is 10.3. The van der Waals surface area contributed by atoms with Crippen LogP contribution in [0.15, 0.2) is 71.2 Å². The third-order valence-corrected chi connectivity index (χ3v) is 23.4. The second-order valence-electron chi connectivity index (χ2n) is 24.6. The predicted octanol–water partition coefficient (Wildman–Crippen LogP) is 10.1. The van der Waals surface area contributed by atoms with Gasteiger partial charge in [0.05, 0.1) is 45.0 Å². The van der Waals surface area contributed by atoms with E-state index in [4.69, 9.17) is 23.2 Å². The summed E-state index contributed by atoms with van der Waals surface area (Å²) in [6.07, 6.45) is -0.567. The molecule has 0 bridgehead atoms. The Balaban J connectivity index is 1.12. The number of carboxylic acids is 2. The van der Waals surface area contributed by atoms with Gasteiger partial charge in [0.1, 0.15) is 11.3 Å². The molecule has 0 aliphatic heterocycles. The smallest absolute Gasteiger partial charge is 0.335 e. The van der Waals surface area contributed by atoms with Gasteiger partial charge in [-0.3, -0.25) is 19.2 Å². The summed E-state index contributed by atoms with van der Waals surface area (Å²) in [5.74, 6) is -19.6. The molecule has 3 unspecified atom stereocenters. The molecule has 0 amide bonds. The van der Waals surface area contributed by atoms with Crippen LogP contribution in [0, 0.1) is 69.0 Å². The Bertz CT molecular complexity index is 2920. The number of carboxylic acid groups (broad SMARTS) is 2. The zero-order valence-corrected chi connectivity index (χ0v) is 44.1. The number of hydrogen-bond donors (Lipinski definition) is 6. The number of alkyl halides is 4. The fourth-order valence-corrected chi connectivity index (χ4v) is 20.4. The van der Waals surface area contributed by atoms with E-state index in [1.54, 1.807) is 36.4 Å². The van der Waals surface area contributed by atoms with E-state index in [2.05, 4.69) is 0 Å². The fraction of sp³-hybridized carbons (Fsp3) is 0.621. The third-order valence-electron chi connectivity index (χ3n) is 22.9. The lowest BCUT2D eigenvalue weighted by Crippen LogP contribution is -2.73. The van der Waals surface area contributed by atoms with Gasteiger partial charge >= 0.3 is 11.9 Å². The Morgan fingerprint density at radius 1 is 0.662 bits per heavy atom. The summed E-state index contributed by atoms with van der Waals surface area (Å²) in [7, 11) is 0. The van der Waals surface area contributed by atoms with Crippen molar-refractivity contribution in [2.75, 3.05) is 11.8 Å². The van der Waals surface area contributed by atoms with Gasteiger partial charge in [0, 0.05) is 17.4 Å². The van der Waals surface area contributed by atoms with Crippen molar-refractivity contribution in [1.29, 1.82) is 0 Å². The summed E-state index contributed by atoms with van der Waals surface area (Å²) in [5, 5.41) is 70.2. The highest BCUT2D eigenvalue weighted by Crippen LogP contribution is 2.79. The Hall–Kier alpha value is -4.50. The number of carbonyl (C=O) groups is 6. The normalized spacial score (nSPS) is 44.1. The number of aromatic carboxylic acids is 2. The van der Waals surface area contributed by atoms with Crippen molar-refractivity contribution in [3.8, 4) is 0 Å². The predicted molar refractivity (Wildman–Crippen MR) is 268 cm³/mol. The summed E-state index contributed by atoms with van der Waals surface area (Å²) in [6, 6.07) is 12.5. The Morgan fingerprint density at radius 2 is 1.12 bits per heavy atom. The van der Waals surface area contributed by atoms with E-state index >= 15 is 13.6 Å². The SMILES string of the molecule is C[C@@H]1CC2C3CCC4=C(C5C(O)(O)C(=O)C[C@H]6CC[C@H]7[C@@H]8C[C@H](C)[C@@](C(=O)CCl)(c9ccccc9C(=O)O)[C@@]8(C)CC[C@]7(F)[C@@]56C)C(=O)C(O)=C(O)[C@]4(C)[C@]3(F)CC[C@]2(C)[C@]1(C(=O)CCl)c1ccccc1C(=O)O. The zero-order valence-electron chi connectivity index (χ0n) is 42.6. The van der Waals surface area contributed by atoms with Gasteiger partial charge in [-0.15, -0.1) is 23.2 Å². The van der Waals surface area contributed by atoms with Crippen LogP contribution in [0.3, 0.4) is 0 Å². The Labute approximate surface area is 439 Å². The Kier molecular flexibility index (Phi) is 12.0. The van der Waals surface area contributed by atoms with Gasteiger partial charge in [-0.05, 0) is 152 Å². The maximum absolute atomic E-state index is 19.9. The average molecular weight is 1060 g/mol. The molecule has 0 aromatic heterocycles. The highest BCUT2D eigenvalue weighted by Gasteiger charge is 2.80. The molecule has 0 heterocycles. The second kappa shape index (κ2) is 16.8. The first-order valence-corrected chi connectivity index (χ1v) is 27.3. The zero-order chi connectivity index (χ0) is 54.1. The number of benzene rings is 2. The van der Waals surface area contributed by atoms with Crippen molar-refractivity contribution in [2.24, 2.45) is 69.0 Å². The lowest BCUT2D eigenvalue weighted by atomic mass is 9.37. The fourth-order valence-electron chi connectivity index (χ4n) is 20.0. The van der Waals surface area contributed by atoms with Crippen molar-refractivity contribution in [3.05, 3.63) is 93.4 Å². The van der Waals surface area contributed by atoms with Gasteiger partial charge in [-0.1, -0.05) is 71.0 Å². The van der Waals surface area contributed by atoms with Crippen LogP contribution >= 0.6 is 23.2 Å². The molecule has 16 atom stereocenters. The number of carbonyl (C=O) groups excluding carboxylic acids is 4. The van der Waals surface area contributed by atoms with Crippen LogP contribution < -0.4 is 0 Å². The number of Topliss-reactive ketones (excluding diaryl/α,β-unsaturated/α-hetero) is 4. The molecule has 6 N–H and O–H groups in total. The molecule has 0 spiro atoms. The highest BCUT2D eigenvalue weighted by atomic mass is 35.5. The summed E-state index contributed by atoms with van der Waals surface area (Å²) < 4.78 is 39.5. The topological polar surface area (TPSA) is 224 Å². The average Bonchev–Trinajstić information content (AvgIpc) is 3.75. The minimum absolute atomic E-state index is 0.0135. The number of allylic oxidation sites excluding steroid dienone is 2. The second-order valence-corrected chi connectivity index (χ2v) is 25.2. The van der Waals surface area contributed by atoms with Crippen LogP contribution in [-0.2, 0) is 30.0 Å². The quantitative estimate of drug-likeness (QED) is 0.102. The molecular formula is C58H66Cl2F2O12. The van der Waals surface area contributed by atoms with E-state index in [0.717, 1.165) is 0 Å². The summed E-state index contributed by atoms with van der Waals surface area (Å²) >= 11 is 12.9. The van der Waals surface area contributed by atoms with Crippen molar-refractivity contribution in [2.45, 2.75) is 140 Å². The standard InChI is InChI=1S/C58H66Cl2F2O12/c1-28-23-38-35-16-15-30-25-40(63)58(73,74)46(52(30,5)54(35,61)21-19-50(38,3)56(28,41(64)26-59)33-13-9-7-11-31(33)48(69)70)43-37-18-17-36-39-24-29(2)57(42(65)27-60,34-14-10-8-12-32(34)49(71)72)51(39,4)20-22-55(36,62)53(37,6)47(68)45(67)44(43)66/h7-14,28-30,35-36,38-39,46,67-68,73-74H,15-27H2,1-6H3,(H,69,70)(H,71,72)/t28-,29+,30+,35-,36?,38-,39?,46?,50-,51-,52+,53+,54+,55-,56-,57-/m0/s1. The summed E-state index contributed by atoms with van der Waals surface area (Å²) in [4.78, 5) is 84.4. The van der Waals surface area contributed by atoms with Crippen molar-refractivity contribution >= 4 is 58.3 Å².